The lowest BCUT2D eigenvalue weighted by Gasteiger charge is -2.25. The molecule has 0 saturated heterocycles. The summed E-state index contributed by atoms with van der Waals surface area (Å²) >= 11 is 6.12. The molecular formula is C19H23ClFN3O. The first-order chi connectivity index (χ1) is 12.0. The van der Waals surface area contributed by atoms with Crippen LogP contribution in [0.15, 0.2) is 48.5 Å². The number of benzene rings is 2. The van der Waals surface area contributed by atoms with Crippen LogP contribution in [0.5, 0.6) is 0 Å². The Morgan fingerprint density at radius 3 is 2.32 bits per heavy atom. The second kappa shape index (κ2) is 9.39. The van der Waals surface area contributed by atoms with Crippen molar-refractivity contribution in [2.24, 2.45) is 0 Å². The van der Waals surface area contributed by atoms with Crippen molar-refractivity contribution in [3.8, 4) is 0 Å². The zero-order valence-corrected chi connectivity index (χ0v) is 15.3. The molecule has 0 aliphatic heterocycles. The van der Waals surface area contributed by atoms with E-state index in [2.05, 4.69) is 5.32 Å². The Kier molecular flexibility index (Phi) is 7.22. The Morgan fingerprint density at radius 1 is 1.04 bits per heavy atom. The lowest BCUT2D eigenvalue weighted by atomic mass is 10.2. The second-order valence-electron chi connectivity index (χ2n) is 6.07. The zero-order valence-electron chi connectivity index (χ0n) is 14.5. The Bertz CT molecular complexity index is 709. The van der Waals surface area contributed by atoms with Gasteiger partial charge < -0.3 is 15.1 Å². The summed E-state index contributed by atoms with van der Waals surface area (Å²) in [7, 11) is 3.87. The molecule has 2 aromatic carbocycles. The van der Waals surface area contributed by atoms with Crippen LogP contribution in [0.4, 0.5) is 9.18 Å². The van der Waals surface area contributed by atoms with E-state index in [1.54, 1.807) is 29.2 Å². The van der Waals surface area contributed by atoms with Crippen LogP contribution in [0.3, 0.4) is 0 Å². The summed E-state index contributed by atoms with van der Waals surface area (Å²) in [5.41, 5.74) is 1.34. The summed E-state index contributed by atoms with van der Waals surface area (Å²) < 4.78 is 13.9. The number of hydrogen-bond donors (Lipinski definition) is 1. The fraction of sp³-hybridized carbons (Fsp3) is 0.316. The van der Waals surface area contributed by atoms with E-state index < -0.39 is 0 Å². The standard InChI is InChI=1S/C19H23ClFN3O/c1-23(2)11-12-24(14-16-8-4-6-10-18(16)21)19(25)22-13-15-7-3-5-9-17(15)20/h3-10H,11-14H2,1-2H3,(H,22,25). The monoisotopic (exact) mass is 363 g/mol. The summed E-state index contributed by atoms with van der Waals surface area (Å²) in [6.45, 7) is 1.73. The average Bonchev–Trinajstić information content (AvgIpc) is 2.59. The number of carbonyl (C=O) groups is 1. The smallest absolute Gasteiger partial charge is 0.318 e. The van der Waals surface area contributed by atoms with Gasteiger partial charge in [-0.2, -0.15) is 0 Å². The number of rotatable bonds is 7. The van der Waals surface area contributed by atoms with E-state index >= 15 is 0 Å². The summed E-state index contributed by atoms with van der Waals surface area (Å²) in [4.78, 5) is 16.2. The average molecular weight is 364 g/mol. The van der Waals surface area contributed by atoms with Crippen molar-refractivity contribution in [1.29, 1.82) is 0 Å². The number of nitrogens with zero attached hydrogens (tertiary/aromatic N) is 2. The number of carbonyl (C=O) groups excluding carboxylic acids is 1. The van der Waals surface area contributed by atoms with Crippen molar-refractivity contribution >= 4 is 17.6 Å². The van der Waals surface area contributed by atoms with Crippen LogP contribution in [0, 0.1) is 5.82 Å². The van der Waals surface area contributed by atoms with Crippen molar-refractivity contribution in [1.82, 2.24) is 15.1 Å². The molecule has 4 nitrogen and oxygen atoms in total. The van der Waals surface area contributed by atoms with E-state index in [0.717, 1.165) is 5.56 Å². The normalized spacial score (nSPS) is 10.8. The molecule has 6 heteroatoms. The van der Waals surface area contributed by atoms with Gasteiger partial charge in [-0.15, -0.1) is 0 Å². The summed E-state index contributed by atoms with van der Waals surface area (Å²) in [6.07, 6.45) is 0. The third-order valence-corrected chi connectivity index (χ3v) is 4.18. The zero-order chi connectivity index (χ0) is 18.2. The molecule has 134 valence electrons. The van der Waals surface area contributed by atoms with Crippen LogP contribution >= 0.6 is 11.6 Å². The van der Waals surface area contributed by atoms with Crippen LogP contribution in [0.1, 0.15) is 11.1 Å². The lowest BCUT2D eigenvalue weighted by Crippen LogP contribution is -2.42. The van der Waals surface area contributed by atoms with Crippen molar-refractivity contribution in [2.45, 2.75) is 13.1 Å². The van der Waals surface area contributed by atoms with Crippen LogP contribution < -0.4 is 5.32 Å². The predicted octanol–water partition coefficient (Wildman–Crippen LogP) is 3.75. The first-order valence-electron chi connectivity index (χ1n) is 8.11. The van der Waals surface area contributed by atoms with Gasteiger partial charge in [0.25, 0.3) is 0 Å². The molecule has 0 heterocycles. The summed E-state index contributed by atoms with van der Waals surface area (Å²) in [6, 6.07) is 13.6. The highest BCUT2D eigenvalue weighted by Gasteiger charge is 2.16. The summed E-state index contributed by atoms with van der Waals surface area (Å²) in [5, 5.41) is 3.47. The van der Waals surface area contributed by atoms with Gasteiger partial charge in [-0.1, -0.05) is 48.0 Å². The topological polar surface area (TPSA) is 35.6 Å². The van der Waals surface area contributed by atoms with Crippen LogP contribution in [-0.2, 0) is 13.1 Å². The van der Waals surface area contributed by atoms with Gasteiger partial charge in [-0.3, -0.25) is 0 Å². The molecule has 0 radical (unpaired) electrons. The maximum Gasteiger partial charge on any atom is 0.318 e. The molecule has 0 aliphatic rings. The minimum atomic E-state index is -0.309. The van der Waals surface area contributed by atoms with Crippen LogP contribution in [0.25, 0.3) is 0 Å². The van der Waals surface area contributed by atoms with Gasteiger partial charge in [0, 0.05) is 30.2 Å². The fourth-order valence-corrected chi connectivity index (χ4v) is 2.53. The highest BCUT2D eigenvalue weighted by atomic mass is 35.5. The third kappa shape index (κ3) is 6.03. The van der Waals surface area contributed by atoms with Crippen molar-refractivity contribution < 1.29 is 9.18 Å². The SMILES string of the molecule is CN(C)CCN(Cc1ccccc1F)C(=O)NCc1ccccc1Cl. The first kappa shape index (κ1) is 19.2. The molecule has 2 rings (SSSR count). The van der Waals surface area contributed by atoms with E-state index in [-0.39, 0.29) is 18.4 Å². The minimum absolute atomic E-state index is 0.217. The maximum absolute atomic E-state index is 13.9. The van der Waals surface area contributed by atoms with Gasteiger partial charge in [0.2, 0.25) is 0 Å². The van der Waals surface area contributed by atoms with E-state index in [1.165, 1.54) is 6.07 Å². The maximum atomic E-state index is 13.9. The van der Waals surface area contributed by atoms with Gasteiger partial charge in [0.15, 0.2) is 0 Å². The van der Waals surface area contributed by atoms with Crippen molar-refractivity contribution in [3.05, 3.63) is 70.5 Å². The van der Waals surface area contributed by atoms with Gasteiger partial charge in [0.1, 0.15) is 5.82 Å². The van der Waals surface area contributed by atoms with Gasteiger partial charge >= 0.3 is 6.03 Å². The van der Waals surface area contributed by atoms with E-state index in [9.17, 15) is 9.18 Å². The molecule has 0 aromatic heterocycles. The third-order valence-electron chi connectivity index (χ3n) is 3.81. The molecule has 0 fully saturated rings. The number of amides is 2. The van der Waals surface area contributed by atoms with Crippen LogP contribution in [0.2, 0.25) is 5.02 Å². The Hall–Kier alpha value is -2.11. The minimum Gasteiger partial charge on any atom is -0.334 e. The Balaban J connectivity index is 2.04. The molecule has 1 N–H and O–H groups in total. The number of urea groups is 1. The quantitative estimate of drug-likeness (QED) is 0.813. The predicted molar refractivity (Wildman–Crippen MR) is 99.1 cm³/mol. The molecule has 0 aliphatic carbocycles. The number of hydrogen-bond acceptors (Lipinski definition) is 2. The van der Waals surface area contributed by atoms with E-state index in [0.29, 0.717) is 30.2 Å². The second-order valence-corrected chi connectivity index (χ2v) is 6.47. The van der Waals surface area contributed by atoms with Crippen molar-refractivity contribution in [3.63, 3.8) is 0 Å². The molecule has 0 spiro atoms. The number of likely N-dealkylation sites (N-methyl/N-ethyl adjacent to an activating group) is 1. The van der Waals surface area contributed by atoms with Gasteiger partial charge in [-0.25, -0.2) is 9.18 Å². The Morgan fingerprint density at radius 2 is 1.68 bits per heavy atom. The summed E-state index contributed by atoms with van der Waals surface area (Å²) in [5.74, 6) is -0.309. The molecule has 2 aromatic rings. The van der Waals surface area contributed by atoms with Gasteiger partial charge in [0.05, 0.1) is 6.54 Å². The van der Waals surface area contributed by atoms with E-state index in [1.807, 2.05) is 37.2 Å². The largest absolute Gasteiger partial charge is 0.334 e. The molecule has 0 atom stereocenters. The molecule has 2 amide bonds. The molecule has 0 saturated carbocycles. The van der Waals surface area contributed by atoms with Gasteiger partial charge in [-0.05, 0) is 31.8 Å². The number of halogens is 2. The van der Waals surface area contributed by atoms with Crippen molar-refractivity contribution in [2.75, 3.05) is 27.2 Å². The molecule has 0 bridgehead atoms. The van der Waals surface area contributed by atoms with E-state index in [4.69, 9.17) is 11.6 Å². The highest BCUT2D eigenvalue weighted by Crippen LogP contribution is 2.15. The lowest BCUT2D eigenvalue weighted by molar-refractivity contribution is 0.187. The first-order valence-corrected chi connectivity index (χ1v) is 8.49. The fourth-order valence-electron chi connectivity index (χ4n) is 2.33. The molecular weight excluding hydrogens is 341 g/mol. The Labute approximate surface area is 153 Å². The van der Waals surface area contributed by atoms with Crippen LogP contribution in [-0.4, -0.2) is 43.0 Å². The molecule has 0 unspecified atom stereocenters. The molecule has 25 heavy (non-hydrogen) atoms. The number of nitrogens with one attached hydrogen (secondary N) is 1. The highest BCUT2D eigenvalue weighted by molar-refractivity contribution is 6.31.